The average molecular weight is 429 g/mol. The normalized spacial score (nSPS) is 20.5. The summed E-state index contributed by atoms with van der Waals surface area (Å²) in [7, 11) is 3.57. The van der Waals surface area contributed by atoms with Crippen LogP contribution in [0.1, 0.15) is 59.9 Å². The van der Waals surface area contributed by atoms with Crippen molar-refractivity contribution in [2.75, 3.05) is 27.2 Å². The average Bonchev–Trinajstić information content (AvgIpc) is 2.80. The number of halogens is 1. The van der Waals surface area contributed by atoms with Gasteiger partial charge >= 0.3 is 0 Å². The van der Waals surface area contributed by atoms with E-state index < -0.39 is 0 Å². The first-order valence-electron chi connectivity index (χ1n) is 11.6. The number of rotatable bonds is 7. The molecule has 0 radical (unpaired) electrons. The van der Waals surface area contributed by atoms with E-state index in [9.17, 15) is 4.39 Å². The lowest BCUT2D eigenvalue weighted by atomic mass is 9.97. The fourth-order valence-electron chi connectivity index (χ4n) is 4.20. The van der Waals surface area contributed by atoms with Crippen molar-refractivity contribution in [3.63, 3.8) is 0 Å². The standard InChI is InChI=1S/C25H33FN2O.C2H6.H2/c1-5-22(23-18-21(29-4)11-12-24(23)26)25-17-20(13-16-27(25)3)10-8-15-28-14-7-6-9-19(28)2;1-2;/h5,11-13,16-19H,1,6-10,14-15H2,2-4H3;1-2H3;1H/b25-22+;;. The van der Waals surface area contributed by atoms with Crippen molar-refractivity contribution in [3.8, 4) is 5.75 Å². The second-order valence-electron chi connectivity index (χ2n) is 7.98. The van der Waals surface area contributed by atoms with Gasteiger partial charge in [0.1, 0.15) is 11.6 Å². The molecule has 0 saturated carbocycles. The molecule has 1 saturated heterocycles. The van der Waals surface area contributed by atoms with Gasteiger partial charge in [0.2, 0.25) is 0 Å². The van der Waals surface area contributed by atoms with E-state index in [1.807, 2.05) is 25.8 Å². The van der Waals surface area contributed by atoms with Crippen LogP contribution in [0.15, 0.2) is 60.5 Å². The summed E-state index contributed by atoms with van der Waals surface area (Å²) >= 11 is 0. The summed E-state index contributed by atoms with van der Waals surface area (Å²) < 4.78 is 19.9. The van der Waals surface area contributed by atoms with Crippen molar-refractivity contribution in [1.29, 1.82) is 0 Å². The maximum atomic E-state index is 14.6. The second-order valence-corrected chi connectivity index (χ2v) is 7.98. The molecule has 3 rings (SSSR count). The predicted octanol–water partition coefficient (Wildman–Crippen LogP) is 7.04. The number of nitrogens with zero attached hydrogens (tertiary/aromatic N) is 2. The Kier molecular flexibility index (Phi) is 10.1. The van der Waals surface area contributed by atoms with Gasteiger partial charge in [-0.3, -0.25) is 0 Å². The maximum absolute atomic E-state index is 14.6. The van der Waals surface area contributed by atoms with Crippen molar-refractivity contribution in [3.05, 3.63) is 71.9 Å². The van der Waals surface area contributed by atoms with Gasteiger partial charge in [0.05, 0.1) is 7.11 Å². The topological polar surface area (TPSA) is 15.7 Å². The minimum atomic E-state index is -0.273. The molecule has 2 aliphatic rings. The summed E-state index contributed by atoms with van der Waals surface area (Å²) in [6.07, 6.45) is 14.2. The largest absolute Gasteiger partial charge is 0.497 e. The SMILES string of the molecule is C=C/C(=C1/C=C(CCCN2CCCCC2C)C=CN1C)c1cc(OC)ccc1F.CC.[HH]. The molecule has 0 aromatic heterocycles. The number of piperidine rings is 1. The zero-order chi connectivity index (χ0) is 22.8. The van der Waals surface area contributed by atoms with Gasteiger partial charge in [-0.15, -0.1) is 0 Å². The third-order valence-corrected chi connectivity index (χ3v) is 6.01. The third kappa shape index (κ3) is 6.57. The van der Waals surface area contributed by atoms with Crippen molar-refractivity contribution in [2.45, 2.75) is 58.9 Å². The highest BCUT2D eigenvalue weighted by Crippen LogP contribution is 2.31. The van der Waals surface area contributed by atoms with Crippen molar-refractivity contribution in [2.24, 2.45) is 0 Å². The van der Waals surface area contributed by atoms with Crippen LogP contribution >= 0.6 is 0 Å². The Balaban J connectivity index is 0.00000166. The molecule has 0 bridgehead atoms. The van der Waals surface area contributed by atoms with Gasteiger partial charge < -0.3 is 14.5 Å². The van der Waals surface area contributed by atoms with E-state index in [2.05, 4.69) is 36.8 Å². The number of likely N-dealkylation sites (tertiary alicyclic amines) is 1. The third-order valence-electron chi connectivity index (χ3n) is 6.01. The molecular formula is C27H41FN2O. The molecule has 0 aliphatic carbocycles. The molecule has 1 aromatic carbocycles. The van der Waals surface area contributed by atoms with Gasteiger partial charge in [-0.25, -0.2) is 4.39 Å². The van der Waals surface area contributed by atoms with Crippen LogP contribution in [-0.2, 0) is 0 Å². The zero-order valence-electron chi connectivity index (χ0n) is 20.0. The Bertz CT molecular complexity index is 831. The lowest BCUT2D eigenvalue weighted by Gasteiger charge is -2.33. The number of allylic oxidation sites excluding steroid dienone is 5. The van der Waals surface area contributed by atoms with Crippen LogP contribution in [0, 0.1) is 5.82 Å². The van der Waals surface area contributed by atoms with Crippen LogP contribution in [0.2, 0.25) is 0 Å². The summed E-state index contributed by atoms with van der Waals surface area (Å²) in [6, 6.07) is 5.51. The fraction of sp³-hybridized carbons (Fsp3) is 0.481. The molecule has 172 valence electrons. The van der Waals surface area contributed by atoms with Gasteiger partial charge in [0.25, 0.3) is 0 Å². The van der Waals surface area contributed by atoms with E-state index in [-0.39, 0.29) is 7.24 Å². The first kappa shape index (κ1) is 24.9. The molecule has 1 atom stereocenters. The maximum Gasteiger partial charge on any atom is 0.131 e. The fourth-order valence-corrected chi connectivity index (χ4v) is 4.20. The van der Waals surface area contributed by atoms with Gasteiger partial charge in [-0.2, -0.15) is 0 Å². The number of hydrogen-bond acceptors (Lipinski definition) is 3. The zero-order valence-corrected chi connectivity index (χ0v) is 20.0. The number of methoxy groups -OCH3 is 1. The highest BCUT2D eigenvalue weighted by molar-refractivity contribution is 5.79. The minimum absolute atomic E-state index is 0. The summed E-state index contributed by atoms with van der Waals surface area (Å²) in [4.78, 5) is 4.63. The monoisotopic (exact) mass is 428 g/mol. The number of ether oxygens (including phenoxy) is 1. The van der Waals surface area contributed by atoms with Crippen LogP contribution in [0.4, 0.5) is 4.39 Å². The van der Waals surface area contributed by atoms with Crippen LogP contribution in [0.5, 0.6) is 5.75 Å². The summed E-state index contributed by atoms with van der Waals surface area (Å²) in [6.45, 7) is 12.7. The number of hydrogen-bond donors (Lipinski definition) is 0. The number of likely N-dealkylation sites (N-methyl/N-ethyl adjacent to an activating group) is 1. The van der Waals surface area contributed by atoms with Crippen LogP contribution in [0.3, 0.4) is 0 Å². The van der Waals surface area contributed by atoms with E-state index in [0.717, 1.165) is 30.7 Å². The molecule has 3 nitrogen and oxygen atoms in total. The molecule has 1 aromatic rings. The smallest absolute Gasteiger partial charge is 0.131 e. The summed E-state index contributed by atoms with van der Waals surface area (Å²) in [5, 5.41) is 0. The first-order valence-corrected chi connectivity index (χ1v) is 11.6. The highest BCUT2D eigenvalue weighted by atomic mass is 19.1. The number of benzene rings is 1. The van der Waals surface area contributed by atoms with Gasteiger partial charge in [0.15, 0.2) is 0 Å². The molecular weight excluding hydrogens is 387 g/mol. The van der Waals surface area contributed by atoms with Crippen LogP contribution in [0.25, 0.3) is 5.57 Å². The van der Waals surface area contributed by atoms with E-state index in [1.54, 1.807) is 25.3 Å². The lowest BCUT2D eigenvalue weighted by Crippen LogP contribution is -2.38. The molecule has 2 aliphatic heterocycles. The lowest BCUT2D eigenvalue weighted by molar-refractivity contribution is 0.159. The first-order chi connectivity index (χ1) is 15.0. The Morgan fingerprint density at radius 2 is 2.10 bits per heavy atom. The van der Waals surface area contributed by atoms with Crippen molar-refractivity contribution >= 4 is 5.57 Å². The van der Waals surface area contributed by atoms with E-state index in [4.69, 9.17) is 4.74 Å². The molecule has 4 heteroatoms. The van der Waals surface area contributed by atoms with Crippen LogP contribution in [-0.4, -0.2) is 43.1 Å². The Morgan fingerprint density at radius 3 is 2.77 bits per heavy atom. The Labute approximate surface area is 190 Å². The summed E-state index contributed by atoms with van der Waals surface area (Å²) in [5.41, 5.74) is 3.51. The molecule has 1 fully saturated rings. The predicted molar refractivity (Wildman–Crippen MR) is 133 cm³/mol. The van der Waals surface area contributed by atoms with Crippen molar-refractivity contribution in [1.82, 2.24) is 9.80 Å². The van der Waals surface area contributed by atoms with Gasteiger partial charge in [-0.05, 0) is 81.6 Å². The molecule has 0 N–H and O–H groups in total. The highest BCUT2D eigenvalue weighted by Gasteiger charge is 2.19. The van der Waals surface area contributed by atoms with E-state index in [0.29, 0.717) is 17.4 Å². The van der Waals surface area contributed by atoms with Gasteiger partial charge in [0, 0.05) is 37.5 Å². The van der Waals surface area contributed by atoms with Crippen molar-refractivity contribution < 1.29 is 10.6 Å². The van der Waals surface area contributed by atoms with Gasteiger partial charge in [-0.1, -0.05) is 32.9 Å². The van der Waals surface area contributed by atoms with Crippen LogP contribution < -0.4 is 4.74 Å². The molecule has 1 unspecified atom stereocenters. The summed E-state index contributed by atoms with van der Waals surface area (Å²) in [5.74, 6) is 0.361. The Morgan fingerprint density at radius 1 is 1.32 bits per heavy atom. The second kappa shape index (κ2) is 12.5. The molecule has 0 spiro atoms. The molecule has 2 heterocycles. The van der Waals surface area contributed by atoms with E-state index in [1.165, 1.54) is 37.4 Å². The quantitative estimate of drug-likeness (QED) is 0.463. The minimum Gasteiger partial charge on any atom is -0.497 e. The van der Waals surface area contributed by atoms with E-state index >= 15 is 0 Å². The Hall–Kier alpha value is -2.33. The molecule has 31 heavy (non-hydrogen) atoms. The molecule has 0 amide bonds.